The maximum Gasteiger partial charge on any atom is 0.223 e. The number of carbonyl (C=O) groups is 1. The first-order valence-electron chi connectivity index (χ1n) is 7.45. The van der Waals surface area contributed by atoms with Crippen LogP contribution >= 0.6 is 11.6 Å². The smallest absolute Gasteiger partial charge is 0.223 e. The van der Waals surface area contributed by atoms with Gasteiger partial charge in [0.05, 0.1) is 6.54 Å². The van der Waals surface area contributed by atoms with E-state index in [4.69, 9.17) is 16.3 Å². The fourth-order valence-electron chi connectivity index (χ4n) is 2.77. The fourth-order valence-corrected chi connectivity index (χ4v) is 2.99. The molecule has 2 aliphatic rings. The summed E-state index contributed by atoms with van der Waals surface area (Å²) in [4.78, 5) is 14.3. The SMILES string of the molecule is O=C(CC1CCOC1)N(Cc1c(F)cccc1Cl)C1CC1. The van der Waals surface area contributed by atoms with Gasteiger partial charge in [-0.05, 0) is 37.3 Å². The Kier molecular flexibility index (Phi) is 4.45. The van der Waals surface area contributed by atoms with Gasteiger partial charge < -0.3 is 9.64 Å². The Morgan fingerprint density at radius 3 is 2.81 bits per heavy atom. The van der Waals surface area contributed by atoms with Crippen LogP contribution in [-0.2, 0) is 16.1 Å². The molecule has 1 saturated heterocycles. The van der Waals surface area contributed by atoms with E-state index in [-0.39, 0.29) is 24.3 Å². The maximum atomic E-state index is 13.9. The van der Waals surface area contributed by atoms with Gasteiger partial charge in [-0.3, -0.25) is 4.79 Å². The molecule has 1 aliphatic carbocycles. The highest BCUT2D eigenvalue weighted by molar-refractivity contribution is 6.31. The second-order valence-corrected chi connectivity index (χ2v) is 6.29. The average Bonchev–Trinajstić information content (AvgIpc) is 3.16. The van der Waals surface area contributed by atoms with Gasteiger partial charge in [0.2, 0.25) is 5.91 Å². The number of amides is 1. The monoisotopic (exact) mass is 311 g/mol. The molecule has 0 spiro atoms. The largest absolute Gasteiger partial charge is 0.381 e. The molecule has 114 valence electrons. The molecular formula is C16H19ClFNO2. The highest BCUT2D eigenvalue weighted by atomic mass is 35.5. The van der Waals surface area contributed by atoms with Crippen molar-refractivity contribution >= 4 is 17.5 Å². The van der Waals surface area contributed by atoms with Gasteiger partial charge in [-0.2, -0.15) is 0 Å². The first-order valence-corrected chi connectivity index (χ1v) is 7.83. The predicted octanol–water partition coefficient (Wildman–Crippen LogP) is 3.40. The summed E-state index contributed by atoms with van der Waals surface area (Å²) >= 11 is 6.08. The number of carbonyl (C=O) groups excluding carboxylic acids is 1. The Balaban J connectivity index is 1.71. The summed E-state index contributed by atoms with van der Waals surface area (Å²) in [5.74, 6) is 0.0484. The number of rotatable bonds is 5. The topological polar surface area (TPSA) is 29.5 Å². The Labute approximate surface area is 129 Å². The van der Waals surface area contributed by atoms with E-state index in [0.29, 0.717) is 29.5 Å². The van der Waals surface area contributed by atoms with Gasteiger partial charge in [-0.25, -0.2) is 4.39 Å². The lowest BCUT2D eigenvalue weighted by Crippen LogP contribution is -2.34. The van der Waals surface area contributed by atoms with E-state index in [1.807, 2.05) is 0 Å². The molecule has 1 aromatic rings. The lowest BCUT2D eigenvalue weighted by Gasteiger charge is -2.24. The van der Waals surface area contributed by atoms with E-state index in [9.17, 15) is 9.18 Å². The maximum absolute atomic E-state index is 13.9. The molecule has 3 nitrogen and oxygen atoms in total. The summed E-state index contributed by atoms with van der Waals surface area (Å²) in [6, 6.07) is 4.89. The summed E-state index contributed by atoms with van der Waals surface area (Å²) in [6.07, 6.45) is 3.42. The molecule has 1 saturated carbocycles. The second kappa shape index (κ2) is 6.32. The van der Waals surface area contributed by atoms with E-state index in [1.54, 1.807) is 17.0 Å². The molecule has 1 aliphatic heterocycles. The Hall–Kier alpha value is -1.13. The third-order valence-corrected chi connectivity index (χ3v) is 4.54. The van der Waals surface area contributed by atoms with E-state index in [1.165, 1.54) is 6.07 Å². The molecule has 3 rings (SSSR count). The van der Waals surface area contributed by atoms with Crippen molar-refractivity contribution < 1.29 is 13.9 Å². The summed E-state index contributed by atoms with van der Waals surface area (Å²) in [7, 11) is 0. The molecule has 0 radical (unpaired) electrons. The van der Waals surface area contributed by atoms with Crippen molar-refractivity contribution in [1.82, 2.24) is 4.90 Å². The van der Waals surface area contributed by atoms with Crippen LogP contribution in [-0.4, -0.2) is 30.1 Å². The van der Waals surface area contributed by atoms with Crippen LogP contribution in [0.15, 0.2) is 18.2 Å². The molecule has 1 heterocycles. The second-order valence-electron chi connectivity index (χ2n) is 5.89. The zero-order valence-electron chi connectivity index (χ0n) is 11.9. The molecule has 1 aromatic carbocycles. The molecule has 0 N–H and O–H groups in total. The Bertz CT molecular complexity index is 507. The highest BCUT2D eigenvalue weighted by Crippen LogP contribution is 2.32. The minimum Gasteiger partial charge on any atom is -0.381 e. The molecule has 1 amide bonds. The predicted molar refractivity (Wildman–Crippen MR) is 78.5 cm³/mol. The molecule has 2 fully saturated rings. The molecule has 0 aromatic heterocycles. The van der Waals surface area contributed by atoms with Gasteiger partial charge >= 0.3 is 0 Å². The molecule has 0 bridgehead atoms. The Morgan fingerprint density at radius 2 is 2.19 bits per heavy atom. The van der Waals surface area contributed by atoms with Crippen molar-refractivity contribution in [2.75, 3.05) is 13.2 Å². The van der Waals surface area contributed by atoms with Crippen LogP contribution in [0.2, 0.25) is 5.02 Å². The van der Waals surface area contributed by atoms with E-state index in [2.05, 4.69) is 0 Å². The lowest BCUT2D eigenvalue weighted by molar-refractivity contribution is -0.133. The molecule has 21 heavy (non-hydrogen) atoms. The first kappa shape index (κ1) is 14.8. The molecule has 1 unspecified atom stereocenters. The van der Waals surface area contributed by atoms with Crippen LogP contribution in [0.5, 0.6) is 0 Å². The quantitative estimate of drug-likeness (QED) is 0.834. The van der Waals surface area contributed by atoms with Gasteiger partial charge in [0, 0.05) is 36.3 Å². The van der Waals surface area contributed by atoms with Gasteiger partial charge in [0.1, 0.15) is 5.82 Å². The fraction of sp³-hybridized carbons (Fsp3) is 0.562. The summed E-state index contributed by atoms with van der Waals surface area (Å²) in [5, 5.41) is 0.387. The first-order chi connectivity index (χ1) is 10.1. The zero-order valence-corrected chi connectivity index (χ0v) is 12.6. The summed E-state index contributed by atoms with van der Waals surface area (Å²) < 4.78 is 19.2. The van der Waals surface area contributed by atoms with Crippen LogP contribution in [0.25, 0.3) is 0 Å². The van der Waals surface area contributed by atoms with Crippen molar-refractivity contribution in [3.05, 3.63) is 34.6 Å². The van der Waals surface area contributed by atoms with E-state index >= 15 is 0 Å². The normalized spacial score (nSPS) is 21.5. The Morgan fingerprint density at radius 1 is 1.38 bits per heavy atom. The molecular weight excluding hydrogens is 293 g/mol. The third kappa shape index (κ3) is 3.55. The average molecular weight is 312 g/mol. The van der Waals surface area contributed by atoms with Crippen LogP contribution in [0.1, 0.15) is 31.2 Å². The van der Waals surface area contributed by atoms with Crippen molar-refractivity contribution in [3.63, 3.8) is 0 Å². The third-order valence-electron chi connectivity index (χ3n) is 4.19. The van der Waals surface area contributed by atoms with Gasteiger partial charge in [0.25, 0.3) is 0 Å². The number of hydrogen-bond donors (Lipinski definition) is 0. The molecule has 1 atom stereocenters. The number of ether oxygens (including phenoxy) is 1. The van der Waals surface area contributed by atoms with Crippen LogP contribution in [0, 0.1) is 11.7 Å². The summed E-state index contributed by atoms with van der Waals surface area (Å²) in [6.45, 7) is 1.66. The van der Waals surface area contributed by atoms with Gasteiger partial charge in [-0.1, -0.05) is 17.7 Å². The highest BCUT2D eigenvalue weighted by Gasteiger charge is 2.34. The number of halogens is 2. The standard InChI is InChI=1S/C16H19ClFNO2/c17-14-2-1-3-15(18)13(14)9-19(12-4-5-12)16(20)8-11-6-7-21-10-11/h1-3,11-12H,4-10H2. The number of nitrogens with zero attached hydrogens (tertiary/aromatic N) is 1. The van der Waals surface area contributed by atoms with Gasteiger partial charge in [0.15, 0.2) is 0 Å². The van der Waals surface area contributed by atoms with E-state index in [0.717, 1.165) is 25.9 Å². The minimum absolute atomic E-state index is 0.0901. The van der Waals surface area contributed by atoms with Crippen LogP contribution in [0.4, 0.5) is 4.39 Å². The lowest BCUT2D eigenvalue weighted by atomic mass is 10.0. The van der Waals surface area contributed by atoms with Crippen molar-refractivity contribution in [2.45, 2.75) is 38.3 Å². The van der Waals surface area contributed by atoms with Crippen LogP contribution < -0.4 is 0 Å². The van der Waals surface area contributed by atoms with Gasteiger partial charge in [-0.15, -0.1) is 0 Å². The van der Waals surface area contributed by atoms with Crippen LogP contribution in [0.3, 0.4) is 0 Å². The molecule has 5 heteroatoms. The van der Waals surface area contributed by atoms with Crippen molar-refractivity contribution in [2.24, 2.45) is 5.92 Å². The number of benzene rings is 1. The van der Waals surface area contributed by atoms with Crippen molar-refractivity contribution in [1.29, 1.82) is 0 Å². The van der Waals surface area contributed by atoms with E-state index < -0.39 is 0 Å². The minimum atomic E-state index is -0.342. The summed E-state index contributed by atoms with van der Waals surface area (Å²) in [5.41, 5.74) is 0.419. The van der Waals surface area contributed by atoms with Crippen molar-refractivity contribution in [3.8, 4) is 0 Å². The number of hydrogen-bond acceptors (Lipinski definition) is 2. The zero-order chi connectivity index (χ0) is 14.8.